The Kier molecular flexibility index (Phi) is 4.11. The van der Waals surface area contributed by atoms with Gasteiger partial charge in [-0.15, -0.1) is 0 Å². The summed E-state index contributed by atoms with van der Waals surface area (Å²) in [7, 11) is 0. The van der Waals surface area contributed by atoms with Crippen molar-refractivity contribution in [3.8, 4) is 0 Å². The minimum atomic E-state index is -0.123. The number of aromatic nitrogens is 2. The first-order valence-corrected chi connectivity index (χ1v) is 7.96. The number of aryl methyl sites for hydroxylation is 2. The van der Waals surface area contributed by atoms with Gasteiger partial charge in [0.15, 0.2) is 0 Å². The number of nitrogens with zero attached hydrogens (tertiary/aromatic N) is 2. The summed E-state index contributed by atoms with van der Waals surface area (Å²) in [5.74, 6) is 1.26. The monoisotopic (exact) mass is 315 g/mol. The molecule has 1 N–H and O–H groups in total. The first kappa shape index (κ1) is 14.6. The van der Waals surface area contributed by atoms with E-state index in [9.17, 15) is 4.79 Å². The first-order valence-electron chi connectivity index (χ1n) is 7.01. The second-order valence-electron chi connectivity index (χ2n) is 5.10. The van der Waals surface area contributed by atoms with Gasteiger partial charge < -0.3 is 9.73 Å². The molecule has 3 heterocycles. The maximum absolute atomic E-state index is 12.3. The summed E-state index contributed by atoms with van der Waals surface area (Å²) in [6, 6.07) is 5.68. The van der Waals surface area contributed by atoms with Gasteiger partial charge in [-0.1, -0.05) is 0 Å². The van der Waals surface area contributed by atoms with E-state index < -0.39 is 0 Å². The third kappa shape index (κ3) is 2.96. The summed E-state index contributed by atoms with van der Waals surface area (Å²) < 4.78 is 7.27. The molecule has 3 rings (SSSR count). The molecular weight excluding hydrogens is 298 g/mol. The molecule has 1 atom stereocenters. The highest BCUT2D eigenvalue weighted by atomic mass is 32.1. The van der Waals surface area contributed by atoms with E-state index in [1.54, 1.807) is 30.5 Å². The highest BCUT2D eigenvalue weighted by molar-refractivity contribution is 7.07. The largest absolute Gasteiger partial charge is 0.466 e. The van der Waals surface area contributed by atoms with E-state index in [2.05, 4.69) is 21.9 Å². The van der Waals surface area contributed by atoms with Crippen LogP contribution in [0.25, 0.3) is 0 Å². The molecule has 5 nitrogen and oxygen atoms in total. The Morgan fingerprint density at radius 3 is 2.95 bits per heavy atom. The fourth-order valence-corrected chi connectivity index (χ4v) is 3.14. The van der Waals surface area contributed by atoms with Crippen molar-refractivity contribution in [2.75, 3.05) is 6.54 Å². The molecule has 6 heteroatoms. The normalized spacial score (nSPS) is 12.3. The van der Waals surface area contributed by atoms with Crippen molar-refractivity contribution < 1.29 is 9.21 Å². The summed E-state index contributed by atoms with van der Waals surface area (Å²) in [5.41, 5.74) is 1.72. The van der Waals surface area contributed by atoms with E-state index in [0.29, 0.717) is 17.9 Å². The summed E-state index contributed by atoms with van der Waals surface area (Å²) in [6.07, 6.45) is 3.65. The number of rotatable bonds is 5. The Morgan fingerprint density at radius 2 is 2.36 bits per heavy atom. The zero-order valence-electron chi connectivity index (χ0n) is 12.4. The van der Waals surface area contributed by atoms with Gasteiger partial charge in [0, 0.05) is 18.9 Å². The van der Waals surface area contributed by atoms with Crippen LogP contribution in [0.5, 0.6) is 0 Å². The zero-order valence-corrected chi connectivity index (χ0v) is 13.3. The average molecular weight is 315 g/mol. The van der Waals surface area contributed by atoms with Crippen LogP contribution in [0.3, 0.4) is 0 Å². The average Bonchev–Trinajstić information content (AvgIpc) is 3.21. The van der Waals surface area contributed by atoms with Gasteiger partial charge in [0.1, 0.15) is 11.5 Å². The van der Waals surface area contributed by atoms with Crippen molar-refractivity contribution >= 4 is 17.2 Å². The van der Waals surface area contributed by atoms with Crippen LogP contribution in [0.4, 0.5) is 0 Å². The van der Waals surface area contributed by atoms with Crippen LogP contribution >= 0.6 is 11.3 Å². The Hall–Kier alpha value is -2.34. The lowest BCUT2D eigenvalue weighted by molar-refractivity contribution is 0.0947. The molecule has 114 valence electrons. The van der Waals surface area contributed by atoms with Gasteiger partial charge >= 0.3 is 0 Å². The van der Waals surface area contributed by atoms with E-state index in [4.69, 9.17) is 4.42 Å². The Morgan fingerprint density at radius 1 is 1.50 bits per heavy atom. The summed E-state index contributed by atoms with van der Waals surface area (Å²) >= 11 is 1.63. The van der Waals surface area contributed by atoms with E-state index >= 15 is 0 Å². The van der Waals surface area contributed by atoms with Crippen LogP contribution in [-0.4, -0.2) is 22.2 Å². The van der Waals surface area contributed by atoms with E-state index in [-0.39, 0.29) is 11.9 Å². The number of carbonyl (C=O) groups excluding carboxylic acids is 1. The maximum atomic E-state index is 12.3. The topological polar surface area (TPSA) is 60.1 Å². The molecule has 0 saturated heterocycles. The van der Waals surface area contributed by atoms with E-state index in [0.717, 1.165) is 11.3 Å². The van der Waals surface area contributed by atoms with Gasteiger partial charge in [0.05, 0.1) is 11.6 Å². The van der Waals surface area contributed by atoms with Crippen molar-refractivity contribution in [2.24, 2.45) is 0 Å². The third-order valence-electron chi connectivity index (χ3n) is 3.51. The molecule has 1 amide bonds. The van der Waals surface area contributed by atoms with Crippen molar-refractivity contribution in [1.29, 1.82) is 0 Å². The highest BCUT2D eigenvalue weighted by Crippen LogP contribution is 2.20. The van der Waals surface area contributed by atoms with Gasteiger partial charge in [-0.25, -0.2) is 0 Å². The number of carbonyl (C=O) groups is 1. The van der Waals surface area contributed by atoms with Gasteiger partial charge in [-0.2, -0.15) is 16.4 Å². The lowest BCUT2D eigenvalue weighted by Crippen LogP contribution is -2.31. The predicted octanol–water partition coefficient (Wildman–Crippen LogP) is 3.17. The minimum Gasteiger partial charge on any atom is -0.466 e. The van der Waals surface area contributed by atoms with Crippen LogP contribution in [0.2, 0.25) is 0 Å². The highest BCUT2D eigenvalue weighted by Gasteiger charge is 2.18. The van der Waals surface area contributed by atoms with Crippen LogP contribution in [0.1, 0.15) is 33.5 Å². The Balaban J connectivity index is 1.75. The number of thiophene rings is 1. The summed E-state index contributed by atoms with van der Waals surface area (Å²) in [4.78, 5) is 12.3. The van der Waals surface area contributed by atoms with Crippen LogP contribution in [0.15, 0.2) is 45.8 Å². The van der Waals surface area contributed by atoms with Crippen LogP contribution < -0.4 is 5.32 Å². The van der Waals surface area contributed by atoms with Crippen molar-refractivity contribution in [2.45, 2.75) is 19.9 Å². The molecule has 0 saturated carbocycles. The molecule has 0 radical (unpaired) electrons. The Bertz CT molecular complexity index is 710. The number of hydrogen-bond donors (Lipinski definition) is 1. The third-order valence-corrected chi connectivity index (χ3v) is 4.22. The molecular formula is C16H17N3O2S. The van der Waals surface area contributed by atoms with E-state index in [1.807, 2.05) is 29.2 Å². The smallest absolute Gasteiger partial charge is 0.254 e. The number of hydrogen-bond acceptors (Lipinski definition) is 4. The van der Waals surface area contributed by atoms with Crippen molar-refractivity contribution in [3.63, 3.8) is 0 Å². The van der Waals surface area contributed by atoms with Gasteiger partial charge in [0.2, 0.25) is 0 Å². The lowest BCUT2D eigenvalue weighted by Gasteiger charge is -2.17. The first-order chi connectivity index (χ1) is 10.6. The number of amides is 1. The second-order valence-corrected chi connectivity index (χ2v) is 5.88. The summed E-state index contributed by atoms with van der Waals surface area (Å²) in [6.45, 7) is 4.11. The van der Waals surface area contributed by atoms with Crippen LogP contribution in [-0.2, 0) is 0 Å². The molecule has 3 aromatic heterocycles. The van der Waals surface area contributed by atoms with Gasteiger partial charge in [-0.3, -0.25) is 9.48 Å². The van der Waals surface area contributed by atoms with Gasteiger partial charge in [0.25, 0.3) is 5.91 Å². The maximum Gasteiger partial charge on any atom is 0.254 e. The molecule has 0 spiro atoms. The molecule has 0 aliphatic heterocycles. The Labute approximate surface area is 132 Å². The second kappa shape index (κ2) is 6.19. The fraction of sp³-hybridized carbons (Fsp3) is 0.250. The minimum absolute atomic E-state index is 0.0153. The molecule has 0 aromatic carbocycles. The molecule has 0 bridgehead atoms. The fourth-order valence-electron chi connectivity index (χ4n) is 2.43. The number of nitrogens with one attached hydrogen (secondary N) is 1. The molecule has 0 aliphatic rings. The molecule has 0 fully saturated rings. The molecule has 22 heavy (non-hydrogen) atoms. The van der Waals surface area contributed by atoms with Crippen LogP contribution in [0, 0.1) is 13.8 Å². The SMILES string of the molecule is Cc1cc(C(=O)NC[C@@H](c2ccsc2)n2cccn2)c(C)o1. The van der Waals surface area contributed by atoms with Crippen molar-refractivity contribution in [1.82, 2.24) is 15.1 Å². The standard InChI is InChI=1S/C16H17N3O2S/c1-11-8-14(12(2)21-11)16(20)17-9-15(13-4-7-22-10-13)19-6-3-5-18-19/h3-8,10,15H,9H2,1-2H3,(H,17,20)/t15-/m0/s1. The van der Waals surface area contributed by atoms with Crippen molar-refractivity contribution in [3.05, 3.63) is 64.0 Å². The molecule has 0 unspecified atom stereocenters. The lowest BCUT2D eigenvalue weighted by atomic mass is 10.1. The predicted molar refractivity (Wildman–Crippen MR) is 85.2 cm³/mol. The van der Waals surface area contributed by atoms with E-state index in [1.165, 1.54) is 0 Å². The molecule has 0 aliphatic carbocycles. The zero-order chi connectivity index (χ0) is 15.5. The molecule has 3 aromatic rings. The summed E-state index contributed by atoms with van der Waals surface area (Å²) in [5, 5.41) is 11.4. The quantitative estimate of drug-likeness (QED) is 0.786. The van der Waals surface area contributed by atoms with Gasteiger partial charge in [-0.05, 0) is 48.4 Å². The number of furan rings is 1.